The summed E-state index contributed by atoms with van der Waals surface area (Å²) in [5.41, 5.74) is 1.33. The van der Waals surface area contributed by atoms with Crippen molar-refractivity contribution in [2.75, 3.05) is 26.7 Å². The maximum absolute atomic E-state index is 12.8. The van der Waals surface area contributed by atoms with Crippen molar-refractivity contribution in [1.82, 2.24) is 9.80 Å². The standard InChI is InChI=1S/C24H24N2O7S2/c1-16-5-8-18(9-6-16)35(30,31)33-20-13-17(7-10-19(20)32-2)14-21-23(28)26(24(29)34-21)15-22(27)25-11-3-4-12-25/h5-10,13-14H,3-4,11-12,15H2,1-2H3/b21-14-. The summed E-state index contributed by atoms with van der Waals surface area (Å²) >= 11 is 0.726. The first kappa shape index (κ1) is 24.8. The minimum atomic E-state index is -4.13. The molecule has 2 fully saturated rings. The minimum absolute atomic E-state index is 0.0145. The quantitative estimate of drug-likeness (QED) is 0.407. The van der Waals surface area contributed by atoms with Crippen LogP contribution < -0.4 is 8.92 Å². The van der Waals surface area contributed by atoms with Gasteiger partial charge in [0.1, 0.15) is 11.4 Å². The number of hydrogen-bond acceptors (Lipinski definition) is 8. The molecule has 3 amide bonds. The van der Waals surface area contributed by atoms with Gasteiger partial charge in [0.05, 0.1) is 12.0 Å². The van der Waals surface area contributed by atoms with Gasteiger partial charge in [-0.1, -0.05) is 23.8 Å². The lowest BCUT2D eigenvalue weighted by Gasteiger charge is -2.18. The van der Waals surface area contributed by atoms with E-state index >= 15 is 0 Å². The number of nitrogens with zero attached hydrogens (tertiary/aromatic N) is 2. The molecule has 0 atom stereocenters. The van der Waals surface area contributed by atoms with Gasteiger partial charge in [0.15, 0.2) is 11.5 Å². The molecule has 0 bridgehead atoms. The van der Waals surface area contributed by atoms with Gasteiger partial charge in [-0.2, -0.15) is 8.42 Å². The molecule has 2 aliphatic heterocycles. The van der Waals surface area contributed by atoms with Crippen LogP contribution in [0.15, 0.2) is 52.3 Å². The van der Waals surface area contributed by atoms with Gasteiger partial charge in [0.2, 0.25) is 5.91 Å². The molecule has 0 unspecified atom stereocenters. The van der Waals surface area contributed by atoms with Crippen molar-refractivity contribution in [2.24, 2.45) is 0 Å². The van der Waals surface area contributed by atoms with Crippen molar-refractivity contribution in [3.8, 4) is 11.5 Å². The van der Waals surface area contributed by atoms with E-state index in [0.717, 1.165) is 35.1 Å². The first-order chi connectivity index (χ1) is 16.7. The van der Waals surface area contributed by atoms with E-state index in [9.17, 15) is 22.8 Å². The van der Waals surface area contributed by atoms with Gasteiger partial charge < -0.3 is 13.8 Å². The van der Waals surface area contributed by atoms with Gasteiger partial charge in [-0.3, -0.25) is 19.3 Å². The molecule has 2 aliphatic rings. The zero-order valence-corrected chi connectivity index (χ0v) is 20.9. The molecule has 0 N–H and O–H groups in total. The fraction of sp³-hybridized carbons (Fsp3) is 0.292. The number of thioether (sulfide) groups is 1. The van der Waals surface area contributed by atoms with E-state index in [-0.39, 0.29) is 33.8 Å². The van der Waals surface area contributed by atoms with Crippen LogP contribution in [-0.2, 0) is 19.7 Å². The summed E-state index contributed by atoms with van der Waals surface area (Å²) in [7, 11) is -2.76. The molecule has 2 aromatic carbocycles. The Morgan fingerprint density at radius 2 is 1.74 bits per heavy atom. The number of rotatable bonds is 7. The molecule has 9 nitrogen and oxygen atoms in total. The second kappa shape index (κ2) is 10.1. The molecular weight excluding hydrogens is 492 g/mol. The molecule has 0 aliphatic carbocycles. The lowest BCUT2D eigenvalue weighted by Crippen LogP contribution is -2.40. The number of methoxy groups -OCH3 is 1. The van der Waals surface area contributed by atoms with Crippen LogP contribution in [0, 0.1) is 6.92 Å². The predicted molar refractivity (Wildman–Crippen MR) is 130 cm³/mol. The Morgan fingerprint density at radius 1 is 1.06 bits per heavy atom. The van der Waals surface area contributed by atoms with Crippen molar-refractivity contribution in [2.45, 2.75) is 24.7 Å². The highest BCUT2D eigenvalue weighted by molar-refractivity contribution is 8.18. The van der Waals surface area contributed by atoms with E-state index in [1.807, 2.05) is 6.92 Å². The Labute approximate surface area is 207 Å². The Kier molecular flexibility index (Phi) is 7.18. The van der Waals surface area contributed by atoms with Crippen molar-refractivity contribution < 1.29 is 31.7 Å². The number of aryl methyl sites for hydroxylation is 1. The maximum atomic E-state index is 12.8. The molecule has 0 saturated carbocycles. The number of ether oxygens (including phenoxy) is 1. The van der Waals surface area contributed by atoms with Crippen LogP contribution in [0.5, 0.6) is 11.5 Å². The van der Waals surface area contributed by atoms with Crippen molar-refractivity contribution >= 4 is 45.0 Å². The summed E-state index contributed by atoms with van der Waals surface area (Å²) in [4.78, 5) is 40.3. The highest BCUT2D eigenvalue weighted by atomic mass is 32.2. The van der Waals surface area contributed by atoms with Crippen LogP contribution in [-0.4, -0.2) is 62.0 Å². The molecule has 0 aromatic heterocycles. The second-order valence-corrected chi connectivity index (χ2v) is 10.7. The molecule has 2 aromatic rings. The van der Waals surface area contributed by atoms with E-state index in [2.05, 4.69) is 0 Å². The van der Waals surface area contributed by atoms with Crippen LogP contribution >= 0.6 is 11.8 Å². The number of carbonyl (C=O) groups is 3. The molecule has 4 rings (SSSR count). The highest BCUT2D eigenvalue weighted by Gasteiger charge is 2.37. The van der Waals surface area contributed by atoms with E-state index in [0.29, 0.717) is 18.7 Å². The van der Waals surface area contributed by atoms with Crippen LogP contribution in [0.4, 0.5) is 4.79 Å². The number of benzene rings is 2. The Bertz CT molecular complexity index is 1300. The topological polar surface area (TPSA) is 110 Å². The number of likely N-dealkylation sites (tertiary alicyclic amines) is 1. The van der Waals surface area contributed by atoms with Gasteiger partial charge >= 0.3 is 10.1 Å². The zero-order valence-electron chi connectivity index (χ0n) is 19.2. The van der Waals surface area contributed by atoms with Gasteiger partial charge in [-0.05, 0) is 67.4 Å². The molecule has 2 heterocycles. The Hall–Kier alpha value is -3.31. The monoisotopic (exact) mass is 516 g/mol. The fourth-order valence-corrected chi connectivity index (χ4v) is 5.48. The smallest absolute Gasteiger partial charge is 0.339 e. The molecule has 2 saturated heterocycles. The van der Waals surface area contributed by atoms with Crippen LogP contribution in [0.1, 0.15) is 24.0 Å². The molecule has 0 spiro atoms. The lowest BCUT2D eigenvalue weighted by molar-refractivity contribution is -0.135. The summed E-state index contributed by atoms with van der Waals surface area (Å²) < 4.78 is 36.1. The maximum Gasteiger partial charge on any atom is 0.339 e. The summed E-state index contributed by atoms with van der Waals surface area (Å²) in [6, 6.07) is 10.7. The molecule has 35 heavy (non-hydrogen) atoms. The normalized spacial score (nSPS) is 17.4. The zero-order chi connectivity index (χ0) is 25.2. The summed E-state index contributed by atoms with van der Waals surface area (Å²) in [6.07, 6.45) is 3.28. The van der Waals surface area contributed by atoms with E-state index in [4.69, 9.17) is 8.92 Å². The third-order valence-electron chi connectivity index (χ3n) is 5.62. The largest absolute Gasteiger partial charge is 0.493 e. The third kappa shape index (κ3) is 5.51. The number of imide groups is 1. The second-order valence-electron chi connectivity index (χ2n) is 8.12. The lowest BCUT2D eigenvalue weighted by atomic mass is 10.2. The van der Waals surface area contributed by atoms with Crippen molar-refractivity contribution in [3.63, 3.8) is 0 Å². The Balaban J connectivity index is 1.55. The van der Waals surface area contributed by atoms with Crippen LogP contribution in [0.25, 0.3) is 6.08 Å². The van der Waals surface area contributed by atoms with Crippen molar-refractivity contribution in [1.29, 1.82) is 0 Å². The fourth-order valence-electron chi connectivity index (χ4n) is 3.71. The number of amides is 3. The SMILES string of the molecule is COc1ccc(/C=C2\SC(=O)N(CC(=O)N3CCCC3)C2=O)cc1OS(=O)(=O)c1ccc(C)cc1. The van der Waals surface area contributed by atoms with E-state index in [1.54, 1.807) is 23.1 Å². The summed E-state index contributed by atoms with van der Waals surface area (Å²) in [6.45, 7) is 2.80. The molecule has 184 valence electrons. The van der Waals surface area contributed by atoms with E-state index < -0.39 is 21.3 Å². The summed E-state index contributed by atoms with van der Waals surface area (Å²) in [5, 5.41) is -0.527. The number of hydrogen-bond donors (Lipinski definition) is 0. The average molecular weight is 517 g/mol. The van der Waals surface area contributed by atoms with Gasteiger partial charge in [0, 0.05) is 13.1 Å². The molecule has 11 heteroatoms. The highest BCUT2D eigenvalue weighted by Crippen LogP contribution is 2.35. The van der Waals surface area contributed by atoms with Gasteiger partial charge in [-0.25, -0.2) is 0 Å². The van der Waals surface area contributed by atoms with E-state index in [1.165, 1.54) is 37.5 Å². The first-order valence-corrected chi connectivity index (χ1v) is 13.1. The van der Waals surface area contributed by atoms with Gasteiger partial charge in [-0.15, -0.1) is 0 Å². The minimum Gasteiger partial charge on any atom is -0.493 e. The molecule has 0 radical (unpaired) electrons. The third-order valence-corrected chi connectivity index (χ3v) is 7.78. The average Bonchev–Trinajstić information content (AvgIpc) is 3.44. The van der Waals surface area contributed by atoms with Gasteiger partial charge in [0.25, 0.3) is 11.1 Å². The number of carbonyl (C=O) groups excluding carboxylic acids is 3. The predicted octanol–water partition coefficient (Wildman–Crippen LogP) is 3.43. The molecular formula is C24H24N2O7S2. The first-order valence-electron chi connectivity index (χ1n) is 10.9. The van der Waals surface area contributed by atoms with Crippen LogP contribution in [0.3, 0.4) is 0 Å². The Morgan fingerprint density at radius 3 is 2.40 bits per heavy atom. The van der Waals surface area contributed by atoms with Crippen molar-refractivity contribution in [3.05, 3.63) is 58.5 Å². The van der Waals surface area contributed by atoms with Crippen LogP contribution in [0.2, 0.25) is 0 Å². The summed E-state index contributed by atoms with van der Waals surface area (Å²) in [5.74, 6) is -0.710.